The first-order valence-electron chi connectivity index (χ1n) is 13.9. The molecule has 0 spiro atoms. The Morgan fingerprint density at radius 2 is 1.64 bits per heavy atom. The average Bonchev–Trinajstić information content (AvgIpc) is 2.98. The van der Waals surface area contributed by atoms with Crippen molar-refractivity contribution in [3.63, 3.8) is 0 Å². The summed E-state index contributed by atoms with van der Waals surface area (Å²) in [4.78, 5) is 29.1. The van der Waals surface area contributed by atoms with E-state index in [9.17, 15) is 22.4 Å². The van der Waals surface area contributed by atoms with E-state index in [0.29, 0.717) is 36.8 Å². The molecule has 3 aromatic rings. The van der Waals surface area contributed by atoms with Crippen molar-refractivity contribution < 1.29 is 31.9 Å². The van der Waals surface area contributed by atoms with E-state index in [1.54, 1.807) is 24.3 Å². The monoisotopic (exact) mass is 597 g/mol. The summed E-state index contributed by atoms with van der Waals surface area (Å²) < 4.78 is 51.8. The molecule has 1 heterocycles. The highest BCUT2D eigenvalue weighted by Crippen LogP contribution is 2.34. The molecule has 224 valence electrons. The zero-order valence-corrected chi connectivity index (χ0v) is 24.6. The van der Waals surface area contributed by atoms with Crippen LogP contribution in [0.25, 0.3) is 0 Å². The van der Waals surface area contributed by atoms with E-state index in [4.69, 9.17) is 9.47 Å². The van der Waals surface area contributed by atoms with Crippen LogP contribution in [0.3, 0.4) is 0 Å². The van der Waals surface area contributed by atoms with Gasteiger partial charge in [-0.25, -0.2) is 12.8 Å². The number of sulfonamides is 1. The first-order chi connectivity index (χ1) is 20.2. The maximum absolute atomic E-state index is 14.1. The summed E-state index contributed by atoms with van der Waals surface area (Å²) in [7, 11) is -3.93. The quantitative estimate of drug-likeness (QED) is 0.300. The number of rotatable bonds is 13. The van der Waals surface area contributed by atoms with Gasteiger partial charge in [0.1, 0.15) is 31.6 Å². The smallest absolute Gasteiger partial charge is 0.244 e. The molecule has 0 saturated carbocycles. The average molecular weight is 598 g/mol. The Morgan fingerprint density at radius 3 is 2.31 bits per heavy atom. The number of benzene rings is 3. The van der Waals surface area contributed by atoms with E-state index in [1.807, 2.05) is 37.3 Å². The van der Waals surface area contributed by atoms with Crippen LogP contribution in [0.2, 0.25) is 0 Å². The van der Waals surface area contributed by atoms with Crippen LogP contribution in [-0.2, 0) is 32.6 Å². The fraction of sp³-hybridized carbons (Fsp3) is 0.355. The molecule has 1 N–H and O–H groups in total. The van der Waals surface area contributed by atoms with Crippen molar-refractivity contribution in [2.24, 2.45) is 0 Å². The SMILES string of the molecule is CCCCNC(=O)C(Cc1ccccc1)N(Cc1ccc(F)cc1)C(=O)CN(c1ccc2c(c1)OCCO2)S(C)(=O)=O. The number of carbonyl (C=O) groups excluding carboxylic acids is 2. The van der Waals surface area contributed by atoms with E-state index >= 15 is 0 Å². The van der Waals surface area contributed by atoms with E-state index in [0.717, 1.165) is 29.0 Å². The molecule has 0 bridgehead atoms. The fourth-order valence-corrected chi connectivity index (χ4v) is 5.49. The molecule has 9 nitrogen and oxygen atoms in total. The summed E-state index contributed by atoms with van der Waals surface area (Å²) in [6.45, 7) is 2.54. The number of hydrogen-bond donors (Lipinski definition) is 1. The van der Waals surface area contributed by atoms with Crippen molar-refractivity contribution in [2.45, 2.75) is 38.8 Å². The van der Waals surface area contributed by atoms with Gasteiger partial charge >= 0.3 is 0 Å². The van der Waals surface area contributed by atoms with Gasteiger partial charge in [-0.15, -0.1) is 0 Å². The number of amides is 2. The van der Waals surface area contributed by atoms with Crippen LogP contribution >= 0.6 is 0 Å². The molecular formula is C31H36FN3O6S. The molecular weight excluding hydrogens is 561 g/mol. The van der Waals surface area contributed by atoms with Gasteiger partial charge in [-0.3, -0.25) is 13.9 Å². The van der Waals surface area contributed by atoms with Gasteiger partial charge in [0.2, 0.25) is 21.8 Å². The molecule has 0 aliphatic carbocycles. The van der Waals surface area contributed by atoms with Crippen LogP contribution in [0, 0.1) is 5.82 Å². The van der Waals surface area contributed by atoms with Gasteiger partial charge in [0.25, 0.3) is 0 Å². The second-order valence-corrected chi connectivity index (χ2v) is 12.0. The van der Waals surface area contributed by atoms with Gasteiger partial charge in [-0.2, -0.15) is 0 Å². The summed E-state index contributed by atoms with van der Waals surface area (Å²) in [5.41, 5.74) is 1.65. The van der Waals surface area contributed by atoms with Gasteiger partial charge < -0.3 is 19.7 Å². The van der Waals surface area contributed by atoms with Gasteiger partial charge in [0, 0.05) is 25.6 Å². The Labute approximate surface area is 246 Å². The number of hydrogen-bond acceptors (Lipinski definition) is 6. The second kappa shape index (κ2) is 14.2. The fourth-order valence-electron chi connectivity index (χ4n) is 4.65. The minimum absolute atomic E-state index is 0.0312. The summed E-state index contributed by atoms with van der Waals surface area (Å²) in [6, 6.07) is 18.6. The lowest BCUT2D eigenvalue weighted by molar-refractivity contribution is -0.140. The molecule has 1 unspecified atom stereocenters. The molecule has 4 rings (SSSR count). The van der Waals surface area contributed by atoms with Crippen LogP contribution in [0.5, 0.6) is 11.5 Å². The maximum Gasteiger partial charge on any atom is 0.244 e. The standard InChI is InChI=1S/C31H36FN3O6S/c1-3-4-16-33-31(37)27(19-23-8-6-5-7-9-23)34(21-24-10-12-25(32)13-11-24)30(36)22-35(42(2,38)39)26-14-15-28-29(20-26)41-18-17-40-28/h5-15,20,27H,3-4,16-19,21-22H2,1-2H3,(H,33,37). The molecule has 0 aromatic heterocycles. The minimum Gasteiger partial charge on any atom is -0.486 e. The second-order valence-electron chi connectivity index (χ2n) is 10.1. The summed E-state index contributed by atoms with van der Waals surface area (Å²) >= 11 is 0. The predicted molar refractivity (Wildman–Crippen MR) is 158 cm³/mol. The zero-order valence-electron chi connectivity index (χ0n) is 23.8. The van der Waals surface area contributed by atoms with Crippen molar-refractivity contribution >= 4 is 27.5 Å². The normalized spacial score (nSPS) is 13.2. The minimum atomic E-state index is -3.93. The number of unbranched alkanes of at least 4 members (excludes halogenated alkanes) is 1. The van der Waals surface area contributed by atoms with Crippen molar-refractivity contribution in [1.29, 1.82) is 0 Å². The number of fused-ring (bicyclic) bond motifs is 1. The number of nitrogens with zero attached hydrogens (tertiary/aromatic N) is 2. The molecule has 11 heteroatoms. The summed E-state index contributed by atoms with van der Waals surface area (Å²) in [6.07, 6.45) is 2.86. The maximum atomic E-state index is 14.1. The van der Waals surface area contributed by atoms with Gasteiger partial charge in [0.15, 0.2) is 11.5 Å². The lowest BCUT2D eigenvalue weighted by Gasteiger charge is -2.33. The predicted octanol–water partition coefficient (Wildman–Crippen LogP) is 3.92. The Hall–Kier alpha value is -4.12. The summed E-state index contributed by atoms with van der Waals surface area (Å²) in [5, 5.41) is 2.93. The van der Waals surface area contributed by atoms with Crippen molar-refractivity contribution in [1.82, 2.24) is 10.2 Å². The third-order valence-corrected chi connectivity index (χ3v) is 8.00. The molecule has 3 aromatic carbocycles. The first kappa shape index (κ1) is 30.8. The lowest BCUT2D eigenvalue weighted by Crippen LogP contribution is -2.53. The van der Waals surface area contributed by atoms with E-state index in [1.165, 1.54) is 23.1 Å². The van der Waals surface area contributed by atoms with Gasteiger partial charge in [-0.05, 0) is 41.8 Å². The van der Waals surface area contributed by atoms with Gasteiger partial charge in [-0.1, -0.05) is 55.8 Å². The highest BCUT2D eigenvalue weighted by molar-refractivity contribution is 7.92. The molecule has 0 fully saturated rings. The van der Waals surface area contributed by atoms with Crippen molar-refractivity contribution in [3.8, 4) is 11.5 Å². The number of anilines is 1. The zero-order chi connectivity index (χ0) is 30.1. The number of halogens is 1. The Morgan fingerprint density at radius 1 is 0.952 bits per heavy atom. The van der Waals surface area contributed by atoms with Crippen LogP contribution in [-0.4, -0.2) is 63.7 Å². The Bertz CT molecular complexity index is 1470. The number of carbonyl (C=O) groups is 2. The Kier molecular flexibility index (Phi) is 10.4. The largest absolute Gasteiger partial charge is 0.486 e. The summed E-state index contributed by atoms with van der Waals surface area (Å²) in [5.74, 6) is -0.523. The lowest BCUT2D eigenvalue weighted by atomic mass is 10.0. The highest BCUT2D eigenvalue weighted by atomic mass is 32.2. The van der Waals surface area contributed by atoms with E-state index < -0.39 is 34.3 Å². The molecule has 2 amide bonds. The van der Waals surface area contributed by atoms with E-state index in [2.05, 4.69) is 5.32 Å². The van der Waals surface area contributed by atoms with E-state index in [-0.39, 0.29) is 24.6 Å². The molecule has 1 aliphatic rings. The Balaban J connectivity index is 1.70. The molecule has 42 heavy (non-hydrogen) atoms. The van der Waals surface area contributed by atoms with Crippen LogP contribution < -0.4 is 19.1 Å². The third kappa shape index (κ3) is 8.22. The highest BCUT2D eigenvalue weighted by Gasteiger charge is 2.33. The number of nitrogens with one attached hydrogen (secondary N) is 1. The molecule has 1 atom stereocenters. The topological polar surface area (TPSA) is 105 Å². The van der Waals surface area contributed by atoms with Crippen molar-refractivity contribution in [3.05, 3.63) is 89.7 Å². The van der Waals surface area contributed by atoms with Gasteiger partial charge in [0.05, 0.1) is 11.9 Å². The van der Waals surface area contributed by atoms with Crippen LogP contribution in [0.4, 0.5) is 10.1 Å². The molecule has 1 aliphatic heterocycles. The van der Waals surface area contributed by atoms with Crippen LogP contribution in [0.1, 0.15) is 30.9 Å². The number of ether oxygens (including phenoxy) is 2. The first-order valence-corrected chi connectivity index (χ1v) is 15.7. The van der Waals surface area contributed by atoms with Crippen molar-refractivity contribution in [2.75, 3.05) is 36.9 Å². The molecule has 0 radical (unpaired) electrons. The molecule has 0 saturated heterocycles. The van der Waals surface area contributed by atoms with Crippen LogP contribution in [0.15, 0.2) is 72.8 Å². The third-order valence-electron chi connectivity index (χ3n) is 6.86.